The van der Waals surface area contributed by atoms with Crippen molar-refractivity contribution in [3.8, 4) is 0 Å². The lowest BCUT2D eigenvalue weighted by Crippen LogP contribution is -2.32. The summed E-state index contributed by atoms with van der Waals surface area (Å²) in [6, 6.07) is 4.23. The molecule has 0 heterocycles. The van der Waals surface area contributed by atoms with Crippen LogP contribution in [0.25, 0.3) is 0 Å². The number of rotatable bonds is 7. The Kier molecular flexibility index (Phi) is 6.70. The van der Waals surface area contributed by atoms with Crippen LogP contribution < -0.4 is 5.73 Å². The van der Waals surface area contributed by atoms with E-state index in [0.29, 0.717) is 22.2 Å². The number of alkyl halides is 3. The Morgan fingerprint density at radius 2 is 2.05 bits per heavy atom. The third-order valence-corrected chi connectivity index (χ3v) is 4.61. The van der Waals surface area contributed by atoms with Crippen LogP contribution in [0.1, 0.15) is 5.56 Å². The molecule has 1 atom stereocenters. The molecule has 112 valence electrons. The summed E-state index contributed by atoms with van der Waals surface area (Å²) in [5.41, 5.74) is 4.66. The normalized spacial score (nSPS) is 13.2. The summed E-state index contributed by atoms with van der Waals surface area (Å²) in [5.74, 6) is 0.460. The van der Waals surface area contributed by atoms with E-state index in [2.05, 4.69) is 0 Å². The number of thioether (sulfide) groups is 2. The van der Waals surface area contributed by atoms with E-state index < -0.39 is 23.8 Å². The fraction of sp³-hybridized carbons (Fsp3) is 0.417. The van der Waals surface area contributed by atoms with Gasteiger partial charge in [0.15, 0.2) is 0 Å². The van der Waals surface area contributed by atoms with Crippen LogP contribution in [0.15, 0.2) is 29.2 Å². The van der Waals surface area contributed by atoms with Gasteiger partial charge in [-0.05, 0) is 18.2 Å². The maximum absolute atomic E-state index is 12.5. The molecule has 0 bridgehead atoms. The molecule has 1 aromatic carbocycles. The van der Waals surface area contributed by atoms with E-state index in [1.54, 1.807) is 6.07 Å². The molecule has 1 unspecified atom stereocenters. The lowest BCUT2D eigenvalue weighted by atomic mass is 10.2. The summed E-state index contributed by atoms with van der Waals surface area (Å²) in [6.07, 6.45) is -4.33. The van der Waals surface area contributed by atoms with Gasteiger partial charge in [0, 0.05) is 22.2 Å². The molecule has 8 heteroatoms. The Morgan fingerprint density at radius 3 is 2.65 bits per heavy atom. The second-order valence-corrected chi connectivity index (χ2v) is 6.21. The summed E-state index contributed by atoms with van der Waals surface area (Å²) in [7, 11) is 0. The first-order valence-electron chi connectivity index (χ1n) is 5.67. The predicted octanol–water partition coefficient (Wildman–Crippen LogP) is 2.94. The first kappa shape index (κ1) is 17.2. The van der Waals surface area contributed by atoms with Gasteiger partial charge in [-0.15, -0.1) is 11.8 Å². The van der Waals surface area contributed by atoms with Gasteiger partial charge in [0.05, 0.1) is 5.56 Å². The highest BCUT2D eigenvalue weighted by molar-refractivity contribution is 8.03. The molecule has 0 aliphatic carbocycles. The number of carboxylic acid groups (broad SMARTS) is 1. The average Bonchev–Trinajstić information content (AvgIpc) is 2.37. The largest absolute Gasteiger partial charge is 0.480 e. The number of carbonyl (C=O) groups is 1. The van der Waals surface area contributed by atoms with Crippen LogP contribution in [0.3, 0.4) is 0 Å². The van der Waals surface area contributed by atoms with Crippen LogP contribution in [-0.2, 0) is 11.0 Å². The maximum atomic E-state index is 12.5. The minimum atomic E-state index is -4.33. The molecule has 0 aliphatic heterocycles. The third-order valence-electron chi connectivity index (χ3n) is 2.27. The van der Waals surface area contributed by atoms with Gasteiger partial charge in [-0.3, -0.25) is 4.79 Å². The van der Waals surface area contributed by atoms with E-state index in [9.17, 15) is 18.0 Å². The molecule has 0 spiro atoms. The summed E-state index contributed by atoms with van der Waals surface area (Å²) >= 11 is 2.67. The molecule has 0 amide bonds. The van der Waals surface area contributed by atoms with E-state index in [1.807, 2.05) is 0 Å². The van der Waals surface area contributed by atoms with Crippen LogP contribution >= 0.6 is 23.5 Å². The zero-order valence-corrected chi connectivity index (χ0v) is 12.0. The topological polar surface area (TPSA) is 63.3 Å². The van der Waals surface area contributed by atoms with Gasteiger partial charge in [-0.1, -0.05) is 6.07 Å². The van der Waals surface area contributed by atoms with Crippen molar-refractivity contribution in [2.45, 2.75) is 17.1 Å². The molecule has 0 aliphatic rings. The Balaban J connectivity index is 2.34. The van der Waals surface area contributed by atoms with E-state index in [4.69, 9.17) is 10.8 Å². The monoisotopic (exact) mass is 325 g/mol. The molecule has 1 aromatic rings. The lowest BCUT2D eigenvalue weighted by molar-refractivity contribution is -0.138. The molecule has 0 radical (unpaired) electrons. The first-order valence-corrected chi connectivity index (χ1v) is 7.81. The number of aliphatic carboxylic acids is 1. The molecule has 0 saturated carbocycles. The van der Waals surface area contributed by atoms with Gasteiger partial charge in [0.25, 0.3) is 0 Å². The zero-order chi connectivity index (χ0) is 15.2. The quantitative estimate of drug-likeness (QED) is 0.596. The second-order valence-electron chi connectivity index (χ2n) is 3.89. The first-order chi connectivity index (χ1) is 9.30. The molecule has 1 rings (SSSR count). The molecule has 3 nitrogen and oxygen atoms in total. The van der Waals surface area contributed by atoms with Crippen LogP contribution in [0.4, 0.5) is 13.2 Å². The van der Waals surface area contributed by atoms with E-state index in [1.165, 1.54) is 29.6 Å². The number of halogens is 3. The van der Waals surface area contributed by atoms with Gasteiger partial charge in [0.2, 0.25) is 0 Å². The van der Waals surface area contributed by atoms with Gasteiger partial charge < -0.3 is 10.8 Å². The summed E-state index contributed by atoms with van der Waals surface area (Å²) in [5, 5.41) is 8.57. The number of carboxylic acids is 1. The van der Waals surface area contributed by atoms with Crippen molar-refractivity contribution in [2.75, 3.05) is 17.3 Å². The lowest BCUT2D eigenvalue weighted by Gasteiger charge is -2.09. The fourth-order valence-corrected chi connectivity index (χ4v) is 3.25. The molecular weight excluding hydrogens is 311 g/mol. The van der Waals surface area contributed by atoms with E-state index in [0.717, 1.165) is 12.1 Å². The minimum absolute atomic E-state index is 0.290. The minimum Gasteiger partial charge on any atom is -0.480 e. The Morgan fingerprint density at radius 1 is 1.35 bits per heavy atom. The van der Waals surface area contributed by atoms with Crippen molar-refractivity contribution in [3.63, 3.8) is 0 Å². The molecule has 20 heavy (non-hydrogen) atoms. The van der Waals surface area contributed by atoms with Crippen molar-refractivity contribution in [3.05, 3.63) is 29.8 Å². The molecule has 0 saturated heterocycles. The zero-order valence-electron chi connectivity index (χ0n) is 10.4. The van der Waals surface area contributed by atoms with Crippen molar-refractivity contribution in [1.29, 1.82) is 0 Å². The van der Waals surface area contributed by atoms with Crippen molar-refractivity contribution in [2.24, 2.45) is 5.73 Å². The van der Waals surface area contributed by atoms with Gasteiger partial charge in [0.1, 0.15) is 6.04 Å². The Labute approximate surface area is 123 Å². The van der Waals surface area contributed by atoms with Crippen LogP contribution in [0.5, 0.6) is 0 Å². The average molecular weight is 325 g/mol. The number of nitrogens with two attached hydrogens (primary N) is 1. The Bertz CT molecular complexity index is 455. The standard InChI is InChI=1S/C12H14F3NO2S2/c13-12(14,15)8-2-1-3-9(6-8)20-5-4-19-7-10(16)11(17)18/h1-3,6,10H,4-5,7,16H2,(H,17,18). The third kappa shape index (κ3) is 6.06. The highest BCUT2D eigenvalue weighted by Gasteiger charge is 2.30. The second kappa shape index (κ2) is 7.80. The highest BCUT2D eigenvalue weighted by Crippen LogP contribution is 2.31. The van der Waals surface area contributed by atoms with Crippen LogP contribution in [-0.4, -0.2) is 34.4 Å². The number of hydrogen-bond donors (Lipinski definition) is 2. The van der Waals surface area contributed by atoms with Crippen molar-refractivity contribution in [1.82, 2.24) is 0 Å². The van der Waals surface area contributed by atoms with Crippen molar-refractivity contribution < 1.29 is 23.1 Å². The molecule has 0 aromatic heterocycles. The van der Waals surface area contributed by atoms with Crippen LogP contribution in [0.2, 0.25) is 0 Å². The van der Waals surface area contributed by atoms with E-state index >= 15 is 0 Å². The number of benzene rings is 1. The molecular formula is C12H14F3NO2S2. The summed E-state index contributed by atoms with van der Waals surface area (Å²) in [4.78, 5) is 11.0. The molecule has 3 N–H and O–H groups in total. The van der Waals surface area contributed by atoms with Crippen molar-refractivity contribution >= 4 is 29.5 Å². The number of hydrogen-bond acceptors (Lipinski definition) is 4. The summed E-state index contributed by atoms with van der Waals surface area (Å²) in [6.45, 7) is 0. The smallest absolute Gasteiger partial charge is 0.416 e. The highest BCUT2D eigenvalue weighted by atomic mass is 32.2. The van der Waals surface area contributed by atoms with E-state index in [-0.39, 0.29) is 0 Å². The predicted molar refractivity (Wildman–Crippen MR) is 75.1 cm³/mol. The maximum Gasteiger partial charge on any atom is 0.416 e. The van der Waals surface area contributed by atoms with Crippen LogP contribution in [0, 0.1) is 0 Å². The molecule has 0 fully saturated rings. The SMILES string of the molecule is NC(CSCCSc1cccc(C(F)(F)F)c1)C(=O)O. The van der Waals surface area contributed by atoms with Gasteiger partial charge >= 0.3 is 12.1 Å². The van der Waals surface area contributed by atoms with Gasteiger partial charge in [-0.2, -0.15) is 24.9 Å². The summed E-state index contributed by atoms with van der Waals surface area (Å²) < 4.78 is 37.5. The van der Waals surface area contributed by atoms with Gasteiger partial charge in [-0.25, -0.2) is 0 Å². The fourth-order valence-electron chi connectivity index (χ4n) is 1.26. The Hall–Kier alpha value is -0.860.